The highest BCUT2D eigenvalue weighted by atomic mass is 35.5. The molecule has 2 heteroatoms. The molecule has 1 aliphatic heterocycles. The van der Waals surface area contributed by atoms with E-state index in [1.165, 1.54) is 0 Å². The summed E-state index contributed by atoms with van der Waals surface area (Å²) in [5, 5.41) is -0.00583. The molecule has 0 bridgehead atoms. The molecule has 0 saturated carbocycles. The van der Waals surface area contributed by atoms with Crippen molar-refractivity contribution >= 4 is 11.6 Å². The average molecular weight is 211 g/mol. The fraction of sp³-hybridized carbons (Fsp3) is 0.500. The topological polar surface area (TPSA) is 9.23 Å². The van der Waals surface area contributed by atoms with Crippen LogP contribution in [-0.4, -0.2) is 12.7 Å². The first-order valence-corrected chi connectivity index (χ1v) is 5.53. The van der Waals surface area contributed by atoms with Crippen molar-refractivity contribution in [3.63, 3.8) is 0 Å². The van der Waals surface area contributed by atoms with Crippen molar-refractivity contribution in [2.45, 2.75) is 24.8 Å². The van der Waals surface area contributed by atoms with Crippen LogP contribution in [-0.2, 0) is 4.74 Å². The molecule has 3 atom stereocenters. The number of hydrogen-bond donors (Lipinski definition) is 0. The number of alkyl halides is 1. The van der Waals surface area contributed by atoms with Crippen LogP contribution >= 0.6 is 11.6 Å². The largest absolute Gasteiger partial charge is 0.376 e. The molecule has 1 saturated heterocycles. The second kappa shape index (κ2) is 4.33. The van der Waals surface area contributed by atoms with Crippen LogP contribution in [0.4, 0.5) is 0 Å². The third-order valence-electron chi connectivity index (χ3n) is 2.85. The summed E-state index contributed by atoms with van der Waals surface area (Å²) >= 11 is 6.38. The molecule has 76 valence electrons. The Morgan fingerprint density at radius 3 is 2.64 bits per heavy atom. The molecule has 14 heavy (non-hydrogen) atoms. The highest BCUT2D eigenvalue weighted by Crippen LogP contribution is 2.35. The molecule has 0 spiro atoms. The number of halogens is 1. The van der Waals surface area contributed by atoms with Gasteiger partial charge in [0.25, 0.3) is 0 Å². The molecule has 0 N–H and O–H groups in total. The SMILES string of the molecule is CC1CCOC1C(Cl)c1ccccc1. The smallest absolute Gasteiger partial charge is 0.0849 e. The molecule has 0 amide bonds. The Balaban J connectivity index is 2.12. The molecule has 1 aromatic carbocycles. The van der Waals surface area contributed by atoms with Crippen LogP contribution < -0.4 is 0 Å². The van der Waals surface area contributed by atoms with Crippen molar-refractivity contribution in [1.82, 2.24) is 0 Å². The summed E-state index contributed by atoms with van der Waals surface area (Å²) in [6.45, 7) is 3.05. The predicted octanol–water partition coefficient (Wildman–Crippen LogP) is 3.39. The first-order valence-electron chi connectivity index (χ1n) is 5.09. The van der Waals surface area contributed by atoms with Gasteiger partial charge in [-0.2, -0.15) is 0 Å². The normalized spacial score (nSPS) is 29.0. The predicted molar refractivity (Wildman–Crippen MR) is 58.6 cm³/mol. The first-order chi connectivity index (χ1) is 6.79. The van der Waals surface area contributed by atoms with Crippen LogP contribution in [0.25, 0.3) is 0 Å². The van der Waals surface area contributed by atoms with Crippen molar-refractivity contribution in [3.05, 3.63) is 35.9 Å². The molecular weight excluding hydrogens is 196 g/mol. The van der Waals surface area contributed by atoms with Gasteiger partial charge >= 0.3 is 0 Å². The highest BCUT2D eigenvalue weighted by Gasteiger charge is 2.31. The van der Waals surface area contributed by atoms with Crippen molar-refractivity contribution in [3.8, 4) is 0 Å². The van der Waals surface area contributed by atoms with Gasteiger partial charge in [0.2, 0.25) is 0 Å². The summed E-state index contributed by atoms with van der Waals surface area (Å²) in [6, 6.07) is 10.2. The molecular formula is C12H15ClO. The summed E-state index contributed by atoms with van der Waals surface area (Å²) < 4.78 is 5.65. The van der Waals surface area contributed by atoms with Gasteiger partial charge in [0.15, 0.2) is 0 Å². The zero-order chi connectivity index (χ0) is 9.97. The summed E-state index contributed by atoms with van der Waals surface area (Å²) in [4.78, 5) is 0. The van der Waals surface area contributed by atoms with Gasteiger partial charge < -0.3 is 4.74 Å². The third-order valence-corrected chi connectivity index (χ3v) is 3.35. The number of ether oxygens (including phenoxy) is 1. The quantitative estimate of drug-likeness (QED) is 0.680. The van der Waals surface area contributed by atoms with E-state index in [4.69, 9.17) is 16.3 Å². The lowest BCUT2D eigenvalue weighted by atomic mass is 9.97. The van der Waals surface area contributed by atoms with Gasteiger partial charge in [-0.3, -0.25) is 0 Å². The van der Waals surface area contributed by atoms with E-state index < -0.39 is 0 Å². The Morgan fingerprint density at radius 1 is 1.36 bits per heavy atom. The minimum absolute atomic E-state index is 0.00583. The standard InChI is InChI=1S/C12H15ClO/c1-9-7-8-14-12(9)11(13)10-5-3-2-4-6-10/h2-6,9,11-12H,7-8H2,1H3. The van der Waals surface area contributed by atoms with E-state index in [9.17, 15) is 0 Å². The molecule has 3 unspecified atom stereocenters. The van der Waals surface area contributed by atoms with Crippen molar-refractivity contribution in [1.29, 1.82) is 0 Å². The van der Waals surface area contributed by atoms with Gasteiger partial charge in [0, 0.05) is 6.61 Å². The summed E-state index contributed by atoms with van der Waals surface area (Å²) in [5.74, 6) is 0.567. The van der Waals surface area contributed by atoms with Gasteiger partial charge in [0.05, 0.1) is 11.5 Å². The maximum absolute atomic E-state index is 6.38. The van der Waals surface area contributed by atoms with Crippen LogP contribution in [0.3, 0.4) is 0 Å². The van der Waals surface area contributed by atoms with Crippen molar-refractivity contribution in [2.75, 3.05) is 6.61 Å². The Kier molecular flexibility index (Phi) is 3.09. The van der Waals surface area contributed by atoms with Crippen LogP contribution in [0.5, 0.6) is 0 Å². The maximum atomic E-state index is 6.38. The third kappa shape index (κ3) is 1.94. The van der Waals surface area contributed by atoms with Gasteiger partial charge in [0.1, 0.15) is 0 Å². The van der Waals surface area contributed by atoms with E-state index >= 15 is 0 Å². The fourth-order valence-corrected chi connectivity index (χ4v) is 2.38. The molecule has 1 fully saturated rings. The van der Waals surface area contributed by atoms with Gasteiger partial charge in [-0.15, -0.1) is 11.6 Å². The molecule has 0 aliphatic carbocycles. The summed E-state index contributed by atoms with van der Waals surface area (Å²) in [6.07, 6.45) is 1.31. The molecule has 1 nitrogen and oxygen atoms in total. The Labute approximate surface area is 90.0 Å². The lowest BCUT2D eigenvalue weighted by Crippen LogP contribution is -2.19. The van der Waals surface area contributed by atoms with E-state index in [-0.39, 0.29) is 11.5 Å². The molecule has 1 aromatic rings. The minimum atomic E-state index is -0.00583. The first kappa shape index (κ1) is 10.0. The number of rotatable bonds is 2. The van der Waals surface area contributed by atoms with E-state index in [0.717, 1.165) is 18.6 Å². The minimum Gasteiger partial charge on any atom is -0.376 e. The highest BCUT2D eigenvalue weighted by molar-refractivity contribution is 6.21. The van der Waals surface area contributed by atoms with Crippen LogP contribution in [0.1, 0.15) is 24.3 Å². The monoisotopic (exact) mass is 210 g/mol. The van der Waals surface area contributed by atoms with E-state index in [1.54, 1.807) is 0 Å². The summed E-state index contributed by atoms with van der Waals surface area (Å²) in [5.41, 5.74) is 1.16. The Hall–Kier alpha value is -0.530. The fourth-order valence-electron chi connectivity index (χ4n) is 1.92. The van der Waals surface area contributed by atoms with Crippen LogP contribution in [0.2, 0.25) is 0 Å². The van der Waals surface area contributed by atoms with Crippen LogP contribution in [0.15, 0.2) is 30.3 Å². The average Bonchev–Trinajstić information content (AvgIpc) is 2.65. The van der Waals surface area contributed by atoms with E-state index in [1.807, 2.05) is 18.2 Å². The maximum Gasteiger partial charge on any atom is 0.0849 e. The Morgan fingerprint density at radius 2 is 2.07 bits per heavy atom. The summed E-state index contributed by atoms with van der Waals surface area (Å²) in [7, 11) is 0. The Bertz CT molecular complexity index is 286. The second-order valence-corrected chi connectivity index (χ2v) is 4.38. The zero-order valence-electron chi connectivity index (χ0n) is 8.32. The van der Waals surface area contributed by atoms with Gasteiger partial charge in [-0.05, 0) is 17.9 Å². The number of hydrogen-bond acceptors (Lipinski definition) is 1. The molecule has 0 radical (unpaired) electrons. The van der Waals surface area contributed by atoms with Crippen LogP contribution in [0, 0.1) is 5.92 Å². The van der Waals surface area contributed by atoms with E-state index in [0.29, 0.717) is 5.92 Å². The molecule has 0 aromatic heterocycles. The van der Waals surface area contributed by atoms with Gasteiger partial charge in [-0.25, -0.2) is 0 Å². The molecule has 2 rings (SSSR count). The number of benzene rings is 1. The van der Waals surface area contributed by atoms with Gasteiger partial charge in [-0.1, -0.05) is 37.3 Å². The van der Waals surface area contributed by atoms with Crippen molar-refractivity contribution in [2.24, 2.45) is 5.92 Å². The molecule has 1 heterocycles. The van der Waals surface area contributed by atoms with Crippen molar-refractivity contribution < 1.29 is 4.74 Å². The lowest BCUT2D eigenvalue weighted by Gasteiger charge is -2.20. The zero-order valence-corrected chi connectivity index (χ0v) is 9.08. The lowest BCUT2D eigenvalue weighted by molar-refractivity contribution is 0.0903. The second-order valence-electron chi connectivity index (χ2n) is 3.91. The van der Waals surface area contributed by atoms with E-state index in [2.05, 4.69) is 19.1 Å². The molecule has 1 aliphatic rings.